The molecule has 3 N–H and O–H groups in total. The second-order valence-corrected chi connectivity index (χ2v) is 5.22. The molecular weight excluding hydrogens is 240 g/mol. The average molecular weight is 262 g/mol. The molecule has 1 saturated heterocycles. The number of hydrogen-bond donors (Lipinski definition) is 3. The number of aliphatic hydroxyl groups excluding tert-OH is 1. The lowest BCUT2D eigenvalue weighted by atomic mass is 9.99. The third-order valence-corrected chi connectivity index (χ3v) is 3.75. The number of hydrogen-bond acceptors (Lipinski definition) is 3. The Morgan fingerprint density at radius 2 is 2.21 bits per heavy atom. The van der Waals surface area contributed by atoms with E-state index in [0.29, 0.717) is 6.42 Å². The van der Waals surface area contributed by atoms with Gasteiger partial charge < -0.3 is 15.7 Å². The maximum atomic E-state index is 12.2. The van der Waals surface area contributed by atoms with Crippen LogP contribution in [0.5, 0.6) is 0 Å². The van der Waals surface area contributed by atoms with Crippen molar-refractivity contribution in [2.24, 2.45) is 5.92 Å². The van der Waals surface area contributed by atoms with Crippen LogP contribution >= 0.6 is 0 Å². The first kappa shape index (κ1) is 14.0. The lowest BCUT2D eigenvalue weighted by Crippen LogP contribution is -2.44. The van der Waals surface area contributed by atoms with Crippen LogP contribution in [0.4, 0.5) is 0 Å². The monoisotopic (exact) mass is 262 g/mol. The van der Waals surface area contributed by atoms with Crippen LogP contribution in [0.25, 0.3) is 0 Å². The van der Waals surface area contributed by atoms with Crippen molar-refractivity contribution >= 4 is 5.91 Å². The molecule has 1 aromatic carbocycles. The Balaban J connectivity index is 1.90. The maximum Gasteiger partial charge on any atom is 0.225 e. The van der Waals surface area contributed by atoms with Crippen molar-refractivity contribution in [3.63, 3.8) is 0 Å². The fourth-order valence-electron chi connectivity index (χ4n) is 2.58. The molecule has 1 fully saturated rings. The van der Waals surface area contributed by atoms with Gasteiger partial charge in [0.05, 0.1) is 18.6 Å². The highest BCUT2D eigenvalue weighted by atomic mass is 16.3. The summed E-state index contributed by atoms with van der Waals surface area (Å²) in [7, 11) is 0. The minimum absolute atomic E-state index is 0.0184. The first-order chi connectivity index (χ1) is 9.20. The fourth-order valence-corrected chi connectivity index (χ4v) is 2.58. The van der Waals surface area contributed by atoms with E-state index in [0.717, 1.165) is 18.5 Å². The van der Waals surface area contributed by atoms with E-state index >= 15 is 0 Å². The Bertz CT molecular complexity index is 408. The molecule has 0 radical (unpaired) electrons. The quantitative estimate of drug-likeness (QED) is 0.732. The van der Waals surface area contributed by atoms with E-state index < -0.39 is 0 Å². The summed E-state index contributed by atoms with van der Waals surface area (Å²) in [5, 5.41) is 15.6. The van der Waals surface area contributed by atoms with Gasteiger partial charge >= 0.3 is 0 Å². The summed E-state index contributed by atoms with van der Waals surface area (Å²) in [6.07, 6.45) is 1.54. The molecule has 4 heteroatoms. The molecular formula is C15H22N2O2. The summed E-state index contributed by atoms with van der Waals surface area (Å²) >= 11 is 0. The number of benzene rings is 1. The number of carbonyl (C=O) groups excluding carboxylic acids is 1. The Hall–Kier alpha value is -1.39. The van der Waals surface area contributed by atoms with Gasteiger partial charge in [-0.25, -0.2) is 0 Å². The average Bonchev–Trinajstić information content (AvgIpc) is 2.85. The SMILES string of the molecule is CC1NCCC1C(=O)N[C@@H](CO)Cc1ccccc1. The standard InChI is InChI=1S/C15H22N2O2/c1-11-14(7-8-16-11)15(19)17-13(10-18)9-12-5-3-2-4-6-12/h2-6,11,13-14,16,18H,7-10H2,1H3,(H,17,19)/t11?,13-,14?/m1/s1. The van der Waals surface area contributed by atoms with E-state index in [1.807, 2.05) is 37.3 Å². The van der Waals surface area contributed by atoms with Crippen LogP contribution in [0.3, 0.4) is 0 Å². The smallest absolute Gasteiger partial charge is 0.225 e. The van der Waals surface area contributed by atoms with Crippen molar-refractivity contribution < 1.29 is 9.90 Å². The second-order valence-electron chi connectivity index (χ2n) is 5.22. The molecule has 1 aromatic rings. The predicted octanol–water partition coefficient (Wildman–Crippen LogP) is 0.704. The van der Waals surface area contributed by atoms with E-state index in [1.54, 1.807) is 0 Å². The van der Waals surface area contributed by atoms with Crippen molar-refractivity contribution in [1.29, 1.82) is 0 Å². The van der Waals surface area contributed by atoms with Gasteiger partial charge in [0.25, 0.3) is 0 Å². The number of aliphatic hydroxyl groups is 1. The zero-order chi connectivity index (χ0) is 13.7. The summed E-state index contributed by atoms with van der Waals surface area (Å²) in [6.45, 7) is 2.89. The van der Waals surface area contributed by atoms with Crippen LogP contribution in [0.15, 0.2) is 30.3 Å². The van der Waals surface area contributed by atoms with Gasteiger partial charge in [0.2, 0.25) is 5.91 Å². The normalized spacial score (nSPS) is 24.1. The Kier molecular flexibility index (Phi) is 4.93. The molecule has 0 aromatic heterocycles. The molecule has 19 heavy (non-hydrogen) atoms. The molecule has 0 spiro atoms. The number of amides is 1. The van der Waals surface area contributed by atoms with Gasteiger partial charge in [0.15, 0.2) is 0 Å². The topological polar surface area (TPSA) is 61.4 Å². The van der Waals surface area contributed by atoms with Crippen molar-refractivity contribution in [3.05, 3.63) is 35.9 Å². The maximum absolute atomic E-state index is 12.2. The van der Waals surface area contributed by atoms with Crippen LogP contribution in [-0.2, 0) is 11.2 Å². The van der Waals surface area contributed by atoms with Gasteiger partial charge in [-0.15, -0.1) is 0 Å². The van der Waals surface area contributed by atoms with Crippen molar-refractivity contribution in [2.75, 3.05) is 13.2 Å². The lowest BCUT2D eigenvalue weighted by molar-refractivity contribution is -0.126. The van der Waals surface area contributed by atoms with E-state index in [-0.39, 0.29) is 30.5 Å². The molecule has 1 heterocycles. The van der Waals surface area contributed by atoms with E-state index in [2.05, 4.69) is 10.6 Å². The minimum Gasteiger partial charge on any atom is -0.394 e. The highest BCUT2D eigenvalue weighted by Gasteiger charge is 2.30. The van der Waals surface area contributed by atoms with Gasteiger partial charge in [-0.3, -0.25) is 4.79 Å². The predicted molar refractivity (Wildman–Crippen MR) is 74.7 cm³/mol. The molecule has 104 valence electrons. The van der Waals surface area contributed by atoms with Gasteiger partial charge in [-0.05, 0) is 31.9 Å². The van der Waals surface area contributed by atoms with Gasteiger partial charge in [0.1, 0.15) is 0 Å². The third-order valence-electron chi connectivity index (χ3n) is 3.75. The van der Waals surface area contributed by atoms with E-state index in [9.17, 15) is 9.90 Å². The van der Waals surface area contributed by atoms with E-state index in [4.69, 9.17) is 0 Å². The summed E-state index contributed by atoms with van der Waals surface area (Å²) in [5.74, 6) is 0.0669. The highest BCUT2D eigenvalue weighted by Crippen LogP contribution is 2.15. The highest BCUT2D eigenvalue weighted by molar-refractivity contribution is 5.80. The summed E-state index contributed by atoms with van der Waals surface area (Å²) < 4.78 is 0. The van der Waals surface area contributed by atoms with Crippen molar-refractivity contribution in [1.82, 2.24) is 10.6 Å². The Morgan fingerprint density at radius 1 is 1.47 bits per heavy atom. The zero-order valence-corrected chi connectivity index (χ0v) is 11.3. The van der Waals surface area contributed by atoms with Gasteiger partial charge in [0, 0.05) is 6.04 Å². The summed E-state index contributed by atoms with van der Waals surface area (Å²) in [6, 6.07) is 9.92. The first-order valence-corrected chi connectivity index (χ1v) is 6.89. The third kappa shape index (κ3) is 3.78. The molecule has 3 atom stereocenters. The molecule has 0 bridgehead atoms. The van der Waals surface area contributed by atoms with Crippen LogP contribution in [0.1, 0.15) is 18.9 Å². The fraction of sp³-hybridized carbons (Fsp3) is 0.533. The molecule has 0 aliphatic carbocycles. The van der Waals surface area contributed by atoms with Gasteiger partial charge in [-0.2, -0.15) is 0 Å². The number of rotatable bonds is 5. The van der Waals surface area contributed by atoms with Crippen LogP contribution in [0.2, 0.25) is 0 Å². The summed E-state index contributed by atoms with van der Waals surface area (Å²) in [4.78, 5) is 12.2. The van der Waals surface area contributed by atoms with Crippen LogP contribution in [0, 0.1) is 5.92 Å². The lowest BCUT2D eigenvalue weighted by Gasteiger charge is -2.21. The molecule has 1 amide bonds. The second kappa shape index (κ2) is 6.68. The van der Waals surface area contributed by atoms with Crippen molar-refractivity contribution in [3.8, 4) is 0 Å². The molecule has 1 aliphatic rings. The first-order valence-electron chi connectivity index (χ1n) is 6.89. The molecule has 2 unspecified atom stereocenters. The summed E-state index contributed by atoms with van der Waals surface area (Å²) in [5.41, 5.74) is 1.12. The molecule has 1 aliphatic heterocycles. The van der Waals surface area contributed by atoms with Crippen LogP contribution < -0.4 is 10.6 Å². The minimum atomic E-state index is -0.206. The Labute approximate surface area is 114 Å². The number of nitrogens with one attached hydrogen (secondary N) is 2. The molecule has 2 rings (SSSR count). The van der Waals surface area contributed by atoms with Crippen LogP contribution in [-0.4, -0.2) is 36.2 Å². The largest absolute Gasteiger partial charge is 0.394 e. The molecule has 0 saturated carbocycles. The zero-order valence-electron chi connectivity index (χ0n) is 11.3. The Morgan fingerprint density at radius 3 is 2.79 bits per heavy atom. The van der Waals surface area contributed by atoms with Crippen molar-refractivity contribution in [2.45, 2.75) is 31.8 Å². The molecule has 4 nitrogen and oxygen atoms in total. The number of carbonyl (C=O) groups is 1. The van der Waals surface area contributed by atoms with E-state index in [1.165, 1.54) is 0 Å². The van der Waals surface area contributed by atoms with Gasteiger partial charge in [-0.1, -0.05) is 30.3 Å².